The first-order valence-electron chi connectivity index (χ1n) is 6.80. The van der Waals surface area contributed by atoms with Crippen LogP contribution in [-0.4, -0.2) is 23.6 Å². The Morgan fingerprint density at radius 1 is 1.29 bits per heavy atom. The Kier molecular flexibility index (Phi) is 7.35. The average molecular weight is 401 g/mol. The lowest BCUT2D eigenvalue weighted by molar-refractivity contribution is -0.120. The minimum atomic E-state index is -0.284. The maximum atomic E-state index is 11.8. The topological polar surface area (TPSA) is 70.6 Å². The van der Waals surface area contributed by atoms with Crippen LogP contribution >= 0.6 is 22.6 Å². The van der Waals surface area contributed by atoms with Crippen LogP contribution in [0.5, 0.6) is 0 Å². The molecule has 1 atom stereocenters. The van der Waals surface area contributed by atoms with Crippen molar-refractivity contribution in [3.05, 3.63) is 33.4 Å². The molecule has 2 N–H and O–H groups in total. The van der Waals surface area contributed by atoms with E-state index in [9.17, 15) is 9.59 Å². The predicted molar refractivity (Wildman–Crippen MR) is 92.2 cm³/mol. The van der Waals surface area contributed by atoms with Crippen LogP contribution < -0.4 is 10.7 Å². The van der Waals surface area contributed by atoms with Crippen LogP contribution in [0.1, 0.15) is 44.0 Å². The van der Waals surface area contributed by atoms with Crippen LogP contribution in [0.4, 0.5) is 0 Å². The lowest BCUT2D eigenvalue weighted by Gasteiger charge is -2.10. The molecule has 5 nitrogen and oxygen atoms in total. The summed E-state index contributed by atoms with van der Waals surface area (Å²) >= 11 is 2.17. The van der Waals surface area contributed by atoms with Crippen molar-refractivity contribution in [2.75, 3.05) is 0 Å². The molecule has 1 rings (SSSR count). The van der Waals surface area contributed by atoms with Crippen LogP contribution in [0.25, 0.3) is 0 Å². The molecule has 0 aliphatic carbocycles. The van der Waals surface area contributed by atoms with Crippen molar-refractivity contribution < 1.29 is 9.59 Å². The van der Waals surface area contributed by atoms with Crippen LogP contribution in [0, 0.1) is 3.57 Å². The summed E-state index contributed by atoms with van der Waals surface area (Å²) in [6.07, 6.45) is 1.06. The van der Waals surface area contributed by atoms with E-state index in [1.807, 2.05) is 26.0 Å². The Morgan fingerprint density at radius 3 is 2.48 bits per heavy atom. The van der Waals surface area contributed by atoms with Gasteiger partial charge in [-0.05, 0) is 67.1 Å². The van der Waals surface area contributed by atoms with E-state index in [-0.39, 0.29) is 24.3 Å². The van der Waals surface area contributed by atoms with Gasteiger partial charge < -0.3 is 5.32 Å². The Balaban J connectivity index is 2.49. The Labute approximate surface area is 138 Å². The van der Waals surface area contributed by atoms with Gasteiger partial charge in [-0.15, -0.1) is 0 Å². The van der Waals surface area contributed by atoms with Crippen molar-refractivity contribution >= 4 is 40.1 Å². The van der Waals surface area contributed by atoms with Gasteiger partial charge in [0, 0.05) is 20.9 Å². The monoisotopic (exact) mass is 401 g/mol. The molecule has 1 aromatic carbocycles. The molecule has 0 spiro atoms. The second-order valence-corrected chi connectivity index (χ2v) is 6.09. The zero-order valence-corrected chi connectivity index (χ0v) is 14.6. The zero-order valence-electron chi connectivity index (χ0n) is 12.4. The summed E-state index contributed by atoms with van der Waals surface area (Å²) in [6.45, 7) is 5.67. The summed E-state index contributed by atoms with van der Waals surface area (Å²) in [5, 5.41) is 6.80. The number of carbonyl (C=O) groups excluding carboxylic acids is 2. The van der Waals surface area contributed by atoms with Gasteiger partial charge >= 0.3 is 0 Å². The summed E-state index contributed by atoms with van der Waals surface area (Å²) < 4.78 is 1.06. The van der Waals surface area contributed by atoms with Crippen molar-refractivity contribution in [2.45, 2.75) is 39.7 Å². The van der Waals surface area contributed by atoms with Gasteiger partial charge in [-0.3, -0.25) is 9.59 Å². The maximum absolute atomic E-state index is 11.8. The molecule has 0 unspecified atom stereocenters. The Hall–Kier alpha value is -1.44. The Morgan fingerprint density at radius 2 is 1.90 bits per heavy atom. The minimum Gasteiger partial charge on any atom is -0.353 e. The first kappa shape index (κ1) is 17.6. The van der Waals surface area contributed by atoms with E-state index in [0.29, 0.717) is 11.3 Å². The first-order valence-corrected chi connectivity index (χ1v) is 7.88. The molecule has 0 aliphatic rings. The first-order chi connectivity index (χ1) is 9.92. The predicted octanol–water partition coefficient (Wildman–Crippen LogP) is 2.70. The molecule has 0 fully saturated rings. The van der Waals surface area contributed by atoms with Gasteiger partial charge in [0.2, 0.25) is 5.91 Å². The fourth-order valence-electron chi connectivity index (χ4n) is 1.51. The molecule has 0 heterocycles. The van der Waals surface area contributed by atoms with Gasteiger partial charge in [0.25, 0.3) is 5.91 Å². The standard InChI is InChI=1S/C15H20IN3O2/c1-4-10(2)17-14(20)9-11(3)18-19-15(21)12-5-7-13(16)8-6-12/h5-8,10H,4,9H2,1-3H3,(H,17,20)(H,19,21)/b18-11-/t10-/m1/s1. The molecule has 0 bridgehead atoms. The third-order valence-corrected chi connectivity index (χ3v) is 3.61. The van der Waals surface area contributed by atoms with Crippen molar-refractivity contribution in [1.29, 1.82) is 0 Å². The zero-order chi connectivity index (χ0) is 15.8. The number of hydrogen-bond donors (Lipinski definition) is 2. The number of rotatable bonds is 6. The van der Waals surface area contributed by atoms with Gasteiger partial charge in [0.15, 0.2) is 0 Å². The van der Waals surface area contributed by atoms with Crippen molar-refractivity contribution in [3.63, 3.8) is 0 Å². The molecular formula is C15H20IN3O2. The molecule has 6 heteroatoms. The van der Waals surface area contributed by atoms with E-state index in [0.717, 1.165) is 9.99 Å². The van der Waals surface area contributed by atoms with Crippen LogP contribution in [0.2, 0.25) is 0 Å². The van der Waals surface area contributed by atoms with E-state index >= 15 is 0 Å². The van der Waals surface area contributed by atoms with Crippen molar-refractivity contribution in [1.82, 2.24) is 10.7 Å². The number of nitrogens with zero attached hydrogens (tertiary/aromatic N) is 1. The third kappa shape index (κ3) is 6.70. The third-order valence-electron chi connectivity index (χ3n) is 2.89. The van der Waals surface area contributed by atoms with Crippen LogP contribution in [0.3, 0.4) is 0 Å². The normalized spacial score (nSPS) is 12.7. The highest BCUT2D eigenvalue weighted by Crippen LogP contribution is 2.06. The number of amides is 2. The van der Waals surface area contributed by atoms with Crippen molar-refractivity contribution in [3.8, 4) is 0 Å². The number of halogens is 1. The summed E-state index contributed by atoms with van der Waals surface area (Å²) in [6, 6.07) is 7.32. The fraction of sp³-hybridized carbons (Fsp3) is 0.400. The highest BCUT2D eigenvalue weighted by atomic mass is 127. The van der Waals surface area contributed by atoms with Gasteiger partial charge in [0.05, 0.1) is 6.42 Å². The summed E-state index contributed by atoms with van der Waals surface area (Å²) in [5.41, 5.74) is 3.56. The fourth-order valence-corrected chi connectivity index (χ4v) is 1.87. The minimum absolute atomic E-state index is 0.0888. The molecule has 0 radical (unpaired) electrons. The SMILES string of the molecule is CC[C@@H](C)NC(=O)C/C(C)=N\NC(=O)c1ccc(I)cc1. The largest absolute Gasteiger partial charge is 0.353 e. The highest BCUT2D eigenvalue weighted by molar-refractivity contribution is 14.1. The lowest BCUT2D eigenvalue weighted by atomic mass is 10.2. The molecule has 0 saturated carbocycles. The summed E-state index contributed by atoms with van der Waals surface area (Å²) in [7, 11) is 0. The van der Waals surface area contributed by atoms with Gasteiger partial charge in [-0.25, -0.2) is 5.43 Å². The smallest absolute Gasteiger partial charge is 0.271 e. The molecule has 0 saturated heterocycles. The van der Waals surface area contributed by atoms with E-state index in [2.05, 4.69) is 38.4 Å². The van der Waals surface area contributed by atoms with E-state index in [4.69, 9.17) is 0 Å². The van der Waals surface area contributed by atoms with E-state index in [1.54, 1.807) is 19.1 Å². The molecule has 2 amide bonds. The van der Waals surface area contributed by atoms with Gasteiger partial charge in [0.1, 0.15) is 0 Å². The Bertz CT molecular complexity index is 526. The molecule has 0 aliphatic heterocycles. The van der Waals surface area contributed by atoms with Crippen molar-refractivity contribution in [2.24, 2.45) is 5.10 Å². The lowest BCUT2D eigenvalue weighted by Crippen LogP contribution is -2.33. The second-order valence-electron chi connectivity index (χ2n) is 4.85. The molecule has 1 aromatic rings. The molecular weight excluding hydrogens is 381 g/mol. The number of carbonyl (C=O) groups is 2. The average Bonchev–Trinajstić information content (AvgIpc) is 2.45. The number of hydrogen-bond acceptors (Lipinski definition) is 3. The number of hydrazone groups is 1. The molecule has 21 heavy (non-hydrogen) atoms. The maximum Gasteiger partial charge on any atom is 0.271 e. The number of benzene rings is 1. The van der Waals surface area contributed by atoms with Crippen LogP contribution in [0.15, 0.2) is 29.4 Å². The summed E-state index contributed by atoms with van der Waals surface area (Å²) in [4.78, 5) is 23.5. The number of nitrogens with one attached hydrogen (secondary N) is 2. The van der Waals surface area contributed by atoms with Gasteiger partial charge in [-0.1, -0.05) is 6.92 Å². The van der Waals surface area contributed by atoms with Crippen LogP contribution in [-0.2, 0) is 4.79 Å². The summed E-state index contributed by atoms with van der Waals surface area (Å²) in [5.74, 6) is -0.373. The quantitative estimate of drug-likeness (QED) is 0.437. The molecule has 0 aromatic heterocycles. The van der Waals surface area contributed by atoms with E-state index in [1.165, 1.54) is 0 Å². The second kappa shape index (κ2) is 8.76. The van der Waals surface area contributed by atoms with E-state index < -0.39 is 0 Å². The molecule has 114 valence electrons. The van der Waals surface area contributed by atoms with Gasteiger partial charge in [-0.2, -0.15) is 5.10 Å². The highest BCUT2D eigenvalue weighted by Gasteiger charge is 2.08.